The van der Waals surface area contributed by atoms with Gasteiger partial charge in [0.1, 0.15) is 0 Å². The van der Waals surface area contributed by atoms with Crippen LogP contribution in [-0.4, -0.2) is 10.1 Å². The fraction of sp³-hybridized carbons (Fsp3) is 0.562. The Kier molecular flexibility index (Phi) is 10.4. The van der Waals surface area contributed by atoms with Crippen LogP contribution in [0.3, 0.4) is 0 Å². The second-order valence-electron chi connectivity index (χ2n) is 4.87. The molecule has 0 amide bonds. The quantitative estimate of drug-likeness (QED) is 0.344. The first-order chi connectivity index (χ1) is 9.83. The van der Waals surface area contributed by atoms with Crippen molar-refractivity contribution >= 4 is 34.0 Å². The molecule has 0 aliphatic heterocycles. The highest BCUT2D eigenvalue weighted by atomic mass is 32.2. The molecule has 0 heterocycles. The van der Waals surface area contributed by atoms with E-state index >= 15 is 0 Å². The van der Waals surface area contributed by atoms with Gasteiger partial charge in [-0.05, 0) is 18.6 Å². The van der Waals surface area contributed by atoms with E-state index in [4.69, 9.17) is 12.2 Å². The first-order valence-corrected chi connectivity index (χ1v) is 8.96. The summed E-state index contributed by atoms with van der Waals surface area (Å²) >= 11 is 7.00. The molecule has 1 aromatic rings. The molecule has 0 spiro atoms. The third-order valence-corrected chi connectivity index (χ3v) is 4.38. The molecule has 20 heavy (non-hydrogen) atoms. The maximum absolute atomic E-state index is 5.28. The zero-order valence-corrected chi connectivity index (χ0v) is 14.0. The van der Waals surface area contributed by atoms with Crippen molar-refractivity contribution in [3.8, 4) is 0 Å². The Morgan fingerprint density at radius 2 is 1.65 bits per heavy atom. The molecule has 1 rings (SSSR count). The van der Waals surface area contributed by atoms with Crippen LogP contribution in [0.25, 0.3) is 0 Å². The SMILES string of the molecule is CCCCCCCCCSC(=S)NNc1ccccc1. The van der Waals surface area contributed by atoms with Gasteiger partial charge in [0.05, 0.1) is 5.69 Å². The number of hydrogen-bond acceptors (Lipinski definition) is 3. The average molecular weight is 311 g/mol. The maximum atomic E-state index is 5.28. The van der Waals surface area contributed by atoms with Gasteiger partial charge in [0.25, 0.3) is 0 Å². The van der Waals surface area contributed by atoms with Crippen LogP contribution in [0.15, 0.2) is 30.3 Å². The van der Waals surface area contributed by atoms with E-state index < -0.39 is 0 Å². The van der Waals surface area contributed by atoms with E-state index in [1.54, 1.807) is 11.8 Å². The monoisotopic (exact) mass is 310 g/mol. The van der Waals surface area contributed by atoms with Crippen molar-refractivity contribution in [2.45, 2.75) is 51.9 Å². The fourth-order valence-electron chi connectivity index (χ4n) is 1.90. The summed E-state index contributed by atoms with van der Waals surface area (Å²) < 4.78 is 0.819. The van der Waals surface area contributed by atoms with Crippen molar-refractivity contribution in [3.63, 3.8) is 0 Å². The minimum absolute atomic E-state index is 0.819. The Hall–Kier alpha value is -0.740. The lowest BCUT2D eigenvalue weighted by molar-refractivity contribution is 0.604. The summed E-state index contributed by atoms with van der Waals surface area (Å²) in [4.78, 5) is 0. The lowest BCUT2D eigenvalue weighted by Gasteiger charge is -2.09. The van der Waals surface area contributed by atoms with Gasteiger partial charge in [0.2, 0.25) is 0 Å². The normalized spacial score (nSPS) is 10.2. The van der Waals surface area contributed by atoms with Gasteiger partial charge < -0.3 is 0 Å². The van der Waals surface area contributed by atoms with Crippen molar-refractivity contribution in [1.29, 1.82) is 0 Å². The molecule has 0 saturated carbocycles. The molecule has 0 fully saturated rings. The van der Waals surface area contributed by atoms with Gasteiger partial charge in [-0.3, -0.25) is 10.9 Å². The van der Waals surface area contributed by atoms with Crippen molar-refractivity contribution < 1.29 is 0 Å². The lowest BCUT2D eigenvalue weighted by Crippen LogP contribution is -2.25. The Balaban J connectivity index is 1.93. The van der Waals surface area contributed by atoms with E-state index in [0.717, 1.165) is 15.8 Å². The van der Waals surface area contributed by atoms with Gasteiger partial charge in [0, 0.05) is 5.75 Å². The summed E-state index contributed by atoms with van der Waals surface area (Å²) in [5, 5.41) is 0. The van der Waals surface area contributed by atoms with Gasteiger partial charge in [-0.25, -0.2) is 0 Å². The van der Waals surface area contributed by atoms with Crippen molar-refractivity contribution in [2.24, 2.45) is 0 Å². The molecular weight excluding hydrogens is 284 g/mol. The van der Waals surface area contributed by atoms with Gasteiger partial charge in [0.15, 0.2) is 4.32 Å². The number of rotatable bonds is 10. The van der Waals surface area contributed by atoms with Crippen molar-refractivity contribution in [1.82, 2.24) is 5.43 Å². The van der Waals surface area contributed by atoms with Crippen LogP contribution >= 0.6 is 24.0 Å². The number of unbranched alkanes of at least 4 members (excludes halogenated alkanes) is 6. The number of benzene rings is 1. The molecule has 0 radical (unpaired) electrons. The van der Waals surface area contributed by atoms with E-state index in [1.165, 1.54) is 44.9 Å². The summed E-state index contributed by atoms with van der Waals surface area (Å²) in [6.45, 7) is 2.26. The molecule has 0 atom stereocenters. The Bertz CT molecular complexity index is 355. The molecule has 0 unspecified atom stereocenters. The number of nitrogens with one attached hydrogen (secondary N) is 2. The summed E-state index contributed by atoms with van der Waals surface area (Å²) in [6, 6.07) is 10.0. The highest BCUT2D eigenvalue weighted by Gasteiger charge is 1.97. The third-order valence-electron chi connectivity index (χ3n) is 3.06. The predicted molar refractivity (Wildman–Crippen MR) is 96.2 cm³/mol. The topological polar surface area (TPSA) is 24.1 Å². The predicted octanol–water partition coefficient (Wildman–Crippen LogP) is 5.37. The second-order valence-corrected chi connectivity index (χ2v) is 6.65. The fourth-order valence-corrected chi connectivity index (χ4v) is 2.86. The van der Waals surface area contributed by atoms with E-state index in [0.29, 0.717) is 0 Å². The van der Waals surface area contributed by atoms with Crippen LogP contribution in [-0.2, 0) is 0 Å². The average Bonchev–Trinajstić information content (AvgIpc) is 2.49. The second kappa shape index (κ2) is 12.0. The number of anilines is 1. The van der Waals surface area contributed by atoms with Crippen LogP contribution in [0.4, 0.5) is 5.69 Å². The highest BCUT2D eigenvalue weighted by molar-refractivity contribution is 8.22. The molecular formula is C16H26N2S2. The number of hydrogen-bond donors (Lipinski definition) is 2. The molecule has 1 aromatic carbocycles. The minimum Gasteiger partial charge on any atom is -0.300 e. The van der Waals surface area contributed by atoms with Crippen LogP contribution in [0.5, 0.6) is 0 Å². The van der Waals surface area contributed by atoms with Crippen LogP contribution < -0.4 is 10.9 Å². The Morgan fingerprint density at radius 3 is 2.35 bits per heavy atom. The maximum Gasteiger partial charge on any atom is 0.152 e. The molecule has 0 aliphatic carbocycles. The third kappa shape index (κ3) is 9.21. The molecule has 0 aliphatic rings. The van der Waals surface area contributed by atoms with Crippen LogP contribution in [0.1, 0.15) is 51.9 Å². The first kappa shape index (κ1) is 17.3. The number of hydrazine groups is 1. The van der Waals surface area contributed by atoms with Crippen LogP contribution in [0.2, 0.25) is 0 Å². The van der Waals surface area contributed by atoms with Gasteiger partial charge in [-0.1, -0.05) is 87.6 Å². The summed E-state index contributed by atoms with van der Waals surface area (Å²) in [6.07, 6.45) is 9.43. The van der Waals surface area contributed by atoms with E-state index in [-0.39, 0.29) is 0 Å². The summed E-state index contributed by atoms with van der Waals surface area (Å²) in [5.74, 6) is 1.11. The van der Waals surface area contributed by atoms with E-state index in [2.05, 4.69) is 17.8 Å². The minimum atomic E-state index is 0.819. The van der Waals surface area contributed by atoms with Gasteiger partial charge in [-0.2, -0.15) is 0 Å². The molecule has 4 heteroatoms. The van der Waals surface area contributed by atoms with Crippen molar-refractivity contribution in [3.05, 3.63) is 30.3 Å². The van der Waals surface area contributed by atoms with Gasteiger partial charge >= 0.3 is 0 Å². The number of para-hydroxylation sites is 1. The largest absolute Gasteiger partial charge is 0.300 e. The Labute approximate surface area is 133 Å². The lowest BCUT2D eigenvalue weighted by atomic mass is 10.1. The molecule has 0 bridgehead atoms. The van der Waals surface area contributed by atoms with Crippen molar-refractivity contribution in [2.75, 3.05) is 11.2 Å². The zero-order valence-electron chi connectivity index (χ0n) is 12.4. The molecule has 2 N–H and O–H groups in total. The van der Waals surface area contributed by atoms with Gasteiger partial charge in [-0.15, -0.1) is 0 Å². The van der Waals surface area contributed by atoms with E-state index in [9.17, 15) is 0 Å². The standard InChI is InChI=1S/C16H26N2S2/c1-2-3-4-5-6-7-11-14-20-16(19)18-17-15-12-9-8-10-13-15/h8-10,12-13,17H,2-7,11,14H2,1H3,(H,18,19). The van der Waals surface area contributed by atoms with Crippen LogP contribution in [0, 0.1) is 0 Å². The first-order valence-electron chi connectivity index (χ1n) is 7.56. The van der Waals surface area contributed by atoms with E-state index in [1.807, 2.05) is 30.3 Å². The number of thiocarbonyl (C=S) groups is 1. The Morgan fingerprint density at radius 1 is 1.00 bits per heavy atom. The summed E-state index contributed by atoms with van der Waals surface area (Å²) in [7, 11) is 0. The molecule has 0 aromatic heterocycles. The molecule has 0 saturated heterocycles. The molecule has 2 nitrogen and oxygen atoms in total. The molecule has 112 valence electrons. The number of thioether (sulfide) groups is 1. The highest BCUT2D eigenvalue weighted by Crippen LogP contribution is 2.11. The summed E-state index contributed by atoms with van der Waals surface area (Å²) in [5.41, 5.74) is 7.20. The smallest absolute Gasteiger partial charge is 0.152 e. The zero-order chi connectivity index (χ0) is 14.5.